The fourth-order valence-corrected chi connectivity index (χ4v) is 4.67. The van der Waals surface area contributed by atoms with E-state index in [1.807, 2.05) is 0 Å². The van der Waals surface area contributed by atoms with E-state index in [1.165, 1.54) is 4.90 Å². The van der Waals surface area contributed by atoms with E-state index in [4.69, 9.17) is 0 Å². The van der Waals surface area contributed by atoms with Gasteiger partial charge in [-0.3, -0.25) is 19.3 Å². The Morgan fingerprint density at radius 2 is 1.50 bits per heavy atom. The third-order valence-electron chi connectivity index (χ3n) is 5.85. The molecule has 5 heteroatoms. The van der Waals surface area contributed by atoms with Crippen LogP contribution in [-0.2, 0) is 14.4 Å². The van der Waals surface area contributed by atoms with Gasteiger partial charge in [-0.15, -0.1) is 0 Å². The highest BCUT2D eigenvalue weighted by Crippen LogP contribution is 2.49. The van der Waals surface area contributed by atoms with E-state index < -0.39 is 0 Å². The van der Waals surface area contributed by atoms with Gasteiger partial charge in [0.05, 0.1) is 11.8 Å². The van der Waals surface area contributed by atoms with Gasteiger partial charge in [-0.2, -0.15) is 0 Å². The number of nitrogens with zero attached hydrogens (tertiary/aromatic N) is 2. The number of likely N-dealkylation sites (tertiary alicyclic amines) is 2. The molecule has 0 spiro atoms. The van der Waals surface area contributed by atoms with Crippen molar-refractivity contribution in [1.29, 1.82) is 0 Å². The van der Waals surface area contributed by atoms with Gasteiger partial charge >= 0.3 is 0 Å². The van der Waals surface area contributed by atoms with Crippen molar-refractivity contribution in [2.75, 3.05) is 19.6 Å². The molecule has 3 amide bonds. The summed E-state index contributed by atoms with van der Waals surface area (Å²) < 4.78 is 0. The number of hydrogen-bond acceptors (Lipinski definition) is 3. The molecule has 22 heavy (non-hydrogen) atoms. The predicted molar refractivity (Wildman–Crippen MR) is 79.5 cm³/mol. The van der Waals surface area contributed by atoms with Crippen LogP contribution in [0.1, 0.15) is 32.1 Å². The van der Waals surface area contributed by atoms with E-state index in [0.29, 0.717) is 0 Å². The van der Waals surface area contributed by atoms with E-state index in [2.05, 4.69) is 12.2 Å². The SMILES string of the molecule is O=C(CN1C(=O)[C@H]2[C@H](C1=O)[C@H]1C=C[C@H]2CC1)N1CCCCC1. The zero-order valence-electron chi connectivity index (χ0n) is 12.7. The Bertz CT molecular complexity index is 518. The second kappa shape index (κ2) is 5.21. The molecule has 0 unspecified atom stereocenters. The molecule has 2 heterocycles. The minimum atomic E-state index is -0.203. The molecule has 0 radical (unpaired) electrons. The molecule has 0 aromatic carbocycles. The van der Waals surface area contributed by atoms with Crippen molar-refractivity contribution in [3.63, 3.8) is 0 Å². The van der Waals surface area contributed by atoms with Crippen LogP contribution < -0.4 is 0 Å². The summed E-state index contributed by atoms with van der Waals surface area (Å²) >= 11 is 0. The first-order valence-electron chi connectivity index (χ1n) is 8.48. The van der Waals surface area contributed by atoms with Crippen molar-refractivity contribution in [1.82, 2.24) is 9.80 Å². The number of rotatable bonds is 2. The quantitative estimate of drug-likeness (QED) is 0.569. The Morgan fingerprint density at radius 1 is 0.955 bits per heavy atom. The molecule has 5 nitrogen and oxygen atoms in total. The van der Waals surface area contributed by atoms with E-state index in [1.54, 1.807) is 4.90 Å². The van der Waals surface area contributed by atoms with Crippen LogP contribution in [0.5, 0.6) is 0 Å². The number of fused-ring (bicyclic) bond motifs is 1. The molecule has 5 rings (SSSR count). The number of amides is 3. The molecular weight excluding hydrogens is 280 g/mol. The van der Waals surface area contributed by atoms with Crippen LogP contribution in [0.2, 0.25) is 0 Å². The molecule has 4 atom stereocenters. The molecule has 1 saturated carbocycles. The second-order valence-corrected chi connectivity index (χ2v) is 7.05. The maximum atomic E-state index is 12.7. The van der Waals surface area contributed by atoms with Gasteiger partial charge in [0.2, 0.25) is 17.7 Å². The second-order valence-electron chi connectivity index (χ2n) is 7.05. The molecule has 2 saturated heterocycles. The first kappa shape index (κ1) is 14.0. The first-order chi connectivity index (χ1) is 10.7. The van der Waals surface area contributed by atoms with Crippen molar-refractivity contribution in [3.8, 4) is 0 Å². The van der Waals surface area contributed by atoms with Gasteiger partial charge in [-0.1, -0.05) is 12.2 Å². The summed E-state index contributed by atoms with van der Waals surface area (Å²) in [5.74, 6) is -0.307. The van der Waals surface area contributed by atoms with E-state index >= 15 is 0 Å². The molecule has 0 N–H and O–H groups in total. The maximum absolute atomic E-state index is 12.7. The molecule has 2 aliphatic heterocycles. The summed E-state index contributed by atoms with van der Waals surface area (Å²) in [7, 11) is 0. The van der Waals surface area contributed by atoms with Gasteiger partial charge in [-0.05, 0) is 43.9 Å². The predicted octanol–water partition coefficient (Wildman–Crippen LogP) is 1.20. The molecular formula is C17H22N2O3. The number of allylic oxidation sites excluding steroid dienone is 2. The number of carbonyl (C=O) groups is 3. The number of hydrogen-bond donors (Lipinski definition) is 0. The number of carbonyl (C=O) groups excluding carboxylic acids is 3. The van der Waals surface area contributed by atoms with Gasteiger partial charge in [0.1, 0.15) is 6.54 Å². The minimum absolute atomic E-state index is 0.0515. The zero-order chi connectivity index (χ0) is 15.3. The van der Waals surface area contributed by atoms with Crippen molar-refractivity contribution < 1.29 is 14.4 Å². The number of imide groups is 1. The monoisotopic (exact) mass is 302 g/mol. The van der Waals surface area contributed by atoms with Crippen molar-refractivity contribution >= 4 is 17.7 Å². The van der Waals surface area contributed by atoms with Crippen LogP contribution in [0, 0.1) is 23.7 Å². The van der Waals surface area contributed by atoms with Gasteiger partial charge in [0, 0.05) is 13.1 Å². The van der Waals surface area contributed by atoms with Crippen molar-refractivity contribution in [3.05, 3.63) is 12.2 Å². The van der Waals surface area contributed by atoms with Gasteiger partial charge in [0.15, 0.2) is 0 Å². The Labute approximate surface area is 130 Å². The standard InChI is InChI=1S/C17H22N2O3/c20-13(18-8-2-1-3-9-18)10-19-16(21)14-11-4-5-12(7-6-11)15(14)17(19)22/h4-5,11-12,14-15H,1-3,6-10H2/t11-,12-,14+,15+/m0/s1. The summed E-state index contributed by atoms with van der Waals surface area (Å²) in [4.78, 5) is 40.8. The number of piperidine rings is 1. The summed E-state index contributed by atoms with van der Waals surface area (Å²) in [6.45, 7) is 1.47. The third-order valence-corrected chi connectivity index (χ3v) is 5.85. The Morgan fingerprint density at radius 3 is 2.00 bits per heavy atom. The van der Waals surface area contributed by atoms with Crippen LogP contribution in [0.15, 0.2) is 12.2 Å². The minimum Gasteiger partial charge on any atom is -0.341 e. The molecule has 2 bridgehead atoms. The van der Waals surface area contributed by atoms with Crippen LogP contribution >= 0.6 is 0 Å². The van der Waals surface area contributed by atoms with Crippen LogP contribution in [0.4, 0.5) is 0 Å². The molecule has 0 aromatic heterocycles. The lowest BCUT2D eigenvalue weighted by Crippen LogP contribution is -2.45. The van der Waals surface area contributed by atoms with Gasteiger partial charge < -0.3 is 4.90 Å². The lowest BCUT2D eigenvalue weighted by molar-refractivity contribution is -0.147. The molecule has 0 aromatic rings. The highest BCUT2D eigenvalue weighted by Gasteiger charge is 2.56. The molecule has 118 valence electrons. The van der Waals surface area contributed by atoms with Crippen LogP contribution in [-0.4, -0.2) is 47.2 Å². The Kier molecular flexibility index (Phi) is 3.31. The zero-order valence-corrected chi connectivity index (χ0v) is 12.7. The topological polar surface area (TPSA) is 57.7 Å². The Hall–Kier alpha value is -1.65. The lowest BCUT2D eigenvalue weighted by atomic mass is 9.63. The normalized spacial score (nSPS) is 36.9. The van der Waals surface area contributed by atoms with Gasteiger partial charge in [0.25, 0.3) is 0 Å². The maximum Gasteiger partial charge on any atom is 0.242 e. The van der Waals surface area contributed by atoms with E-state index in [0.717, 1.165) is 45.2 Å². The molecule has 5 aliphatic rings. The summed E-state index contributed by atoms with van der Waals surface area (Å²) in [6, 6.07) is 0. The third kappa shape index (κ3) is 2.02. The first-order valence-corrected chi connectivity index (χ1v) is 8.48. The van der Waals surface area contributed by atoms with E-state index in [-0.39, 0.29) is 47.9 Å². The average molecular weight is 302 g/mol. The van der Waals surface area contributed by atoms with Crippen molar-refractivity contribution in [2.45, 2.75) is 32.1 Å². The fraction of sp³-hybridized carbons (Fsp3) is 0.706. The lowest BCUT2D eigenvalue weighted by Gasteiger charge is -2.38. The largest absolute Gasteiger partial charge is 0.341 e. The Balaban J connectivity index is 1.50. The summed E-state index contributed by atoms with van der Waals surface area (Å²) in [6.07, 6.45) is 9.40. The highest BCUT2D eigenvalue weighted by atomic mass is 16.2. The van der Waals surface area contributed by atoms with E-state index in [9.17, 15) is 14.4 Å². The van der Waals surface area contributed by atoms with Gasteiger partial charge in [-0.25, -0.2) is 0 Å². The summed E-state index contributed by atoms with van der Waals surface area (Å²) in [5.41, 5.74) is 0. The van der Waals surface area contributed by atoms with Crippen molar-refractivity contribution in [2.24, 2.45) is 23.7 Å². The fourth-order valence-electron chi connectivity index (χ4n) is 4.67. The molecule has 3 aliphatic carbocycles. The smallest absolute Gasteiger partial charge is 0.242 e. The van der Waals surface area contributed by atoms with Crippen LogP contribution in [0.25, 0.3) is 0 Å². The highest BCUT2D eigenvalue weighted by molar-refractivity contribution is 6.08. The van der Waals surface area contributed by atoms with Crippen LogP contribution in [0.3, 0.4) is 0 Å². The molecule has 3 fully saturated rings. The summed E-state index contributed by atoms with van der Waals surface area (Å²) in [5, 5.41) is 0. The average Bonchev–Trinajstić information content (AvgIpc) is 2.84.